The van der Waals surface area contributed by atoms with Crippen LogP contribution < -0.4 is 5.73 Å². The number of carbonyl (C=O) groups excluding carboxylic acids is 3. The van der Waals surface area contributed by atoms with E-state index < -0.39 is 12.1 Å². The molecular formula is C27H48ClNO6. The van der Waals surface area contributed by atoms with Crippen LogP contribution >= 0.6 is 12.4 Å². The molecule has 35 heavy (non-hydrogen) atoms. The first kappa shape index (κ1) is 31.7. The summed E-state index contributed by atoms with van der Waals surface area (Å²) in [5, 5.41) is 0. The standard InChI is InChI=1S/C27H47NO6.ClH/c28-19-9-18-27(31)34-24(20-32-25(29)16-7-14-22-10-3-1-4-11-22)21-33-26(30)17-8-15-23-12-5-2-6-13-23;/h22-24H,1-21,28H2;1H. The summed E-state index contributed by atoms with van der Waals surface area (Å²) in [6, 6.07) is 0. The Labute approximate surface area is 218 Å². The Morgan fingerprint density at radius 3 is 1.51 bits per heavy atom. The average molecular weight is 518 g/mol. The maximum absolute atomic E-state index is 12.2. The van der Waals surface area contributed by atoms with Crippen molar-refractivity contribution in [2.45, 2.75) is 122 Å². The van der Waals surface area contributed by atoms with Crippen LogP contribution in [-0.4, -0.2) is 43.8 Å². The van der Waals surface area contributed by atoms with Gasteiger partial charge in [0, 0.05) is 19.3 Å². The second kappa shape index (κ2) is 19.8. The zero-order chi connectivity index (χ0) is 24.4. The van der Waals surface area contributed by atoms with Crippen LogP contribution in [0.15, 0.2) is 0 Å². The summed E-state index contributed by atoms with van der Waals surface area (Å²) in [6.45, 7) is 0.212. The van der Waals surface area contributed by atoms with E-state index in [-0.39, 0.29) is 44.0 Å². The van der Waals surface area contributed by atoms with Gasteiger partial charge in [-0.3, -0.25) is 14.4 Å². The lowest BCUT2D eigenvalue weighted by molar-refractivity contribution is -0.167. The number of ether oxygens (including phenoxy) is 3. The first-order valence-corrected chi connectivity index (χ1v) is 13.8. The van der Waals surface area contributed by atoms with Crippen LogP contribution in [0.3, 0.4) is 0 Å². The van der Waals surface area contributed by atoms with Gasteiger partial charge in [-0.25, -0.2) is 0 Å². The molecule has 204 valence electrons. The highest BCUT2D eigenvalue weighted by atomic mass is 35.5. The molecule has 0 aliphatic heterocycles. The maximum Gasteiger partial charge on any atom is 0.306 e. The van der Waals surface area contributed by atoms with Gasteiger partial charge >= 0.3 is 17.9 Å². The second-order valence-electron chi connectivity index (χ2n) is 10.2. The lowest BCUT2D eigenvalue weighted by Crippen LogP contribution is -2.31. The Balaban J connectivity index is 0.00000612. The normalized spacial score (nSPS) is 17.0. The highest BCUT2D eigenvalue weighted by molar-refractivity contribution is 5.85. The van der Waals surface area contributed by atoms with E-state index in [1.807, 2.05) is 0 Å². The molecule has 2 aliphatic carbocycles. The van der Waals surface area contributed by atoms with Crippen LogP contribution in [0.25, 0.3) is 0 Å². The van der Waals surface area contributed by atoms with Crippen molar-refractivity contribution in [3.8, 4) is 0 Å². The van der Waals surface area contributed by atoms with E-state index in [1.165, 1.54) is 64.2 Å². The number of carbonyl (C=O) groups is 3. The van der Waals surface area contributed by atoms with E-state index in [0.717, 1.165) is 37.5 Å². The highest BCUT2D eigenvalue weighted by Crippen LogP contribution is 2.28. The van der Waals surface area contributed by atoms with Crippen LogP contribution in [0.5, 0.6) is 0 Å². The largest absolute Gasteiger partial charge is 0.462 e. The van der Waals surface area contributed by atoms with Crippen molar-refractivity contribution >= 4 is 30.3 Å². The maximum atomic E-state index is 12.2. The summed E-state index contributed by atoms with van der Waals surface area (Å²) >= 11 is 0. The lowest BCUT2D eigenvalue weighted by atomic mass is 9.86. The third-order valence-corrected chi connectivity index (χ3v) is 7.18. The van der Waals surface area contributed by atoms with Crippen molar-refractivity contribution in [3.05, 3.63) is 0 Å². The molecule has 8 heteroatoms. The van der Waals surface area contributed by atoms with E-state index in [9.17, 15) is 14.4 Å². The molecule has 2 N–H and O–H groups in total. The lowest BCUT2D eigenvalue weighted by Gasteiger charge is -2.21. The van der Waals surface area contributed by atoms with Gasteiger partial charge in [0.1, 0.15) is 13.2 Å². The Hall–Kier alpha value is -1.34. The predicted octanol–water partition coefficient (Wildman–Crippen LogP) is 5.65. The molecule has 2 fully saturated rings. The van der Waals surface area contributed by atoms with E-state index >= 15 is 0 Å². The Bertz CT molecular complexity index is 550. The molecule has 0 heterocycles. The molecular weight excluding hydrogens is 470 g/mol. The molecule has 0 aromatic rings. The predicted molar refractivity (Wildman–Crippen MR) is 138 cm³/mol. The van der Waals surface area contributed by atoms with Gasteiger partial charge in [0.15, 0.2) is 6.10 Å². The van der Waals surface area contributed by atoms with Gasteiger partial charge < -0.3 is 19.9 Å². The summed E-state index contributed by atoms with van der Waals surface area (Å²) < 4.78 is 16.1. The van der Waals surface area contributed by atoms with Gasteiger partial charge in [-0.15, -0.1) is 12.4 Å². The topological polar surface area (TPSA) is 105 Å². The van der Waals surface area contributed by atoms with Crippen molar-refractivity contribution in [1.82, 2.24) is 0 Å². The van der Waals surface area contributed by atoms with Gasteiger partial charge in [0.2, 0.25) is 0 Å². The van der Waals surface area contributed by atoms with Gasteiger partial charge in [-0.05, 0) is 50.5 Å². The van der Waals surface area contributed by atoms with Crippen molar-refractivity contribution in [1.29, 1.82) is 0 Å². The Morgan fingerprint density at radius 1 is 0.657 bits per heavy atom. The molecule has 2 rings (SSSR count). The zero-order valence-electron chi connectivity index (χ0n) is 21.5. The minimum absolute atomic E-state index is 0. The molecule has 0 aromatic carbocycles. The molecule has 0 saturated heterocycles. The summed E-state index contributed by atoms with van der Waals surface area (Å²) in [4.78, 5) is 36.4. The van der Waals surface area contributed by atoms with Crippen molar-refractivity contribution in [2.75, 3.05) is 19.8 Å². The van der Waals surface area contributed by atoms with Crippen LogP contribution in [-0.2, 0) is 28.6 Å². The van der Waals surface area contributed by atoms with Gasteiger partial charge in [-0.1, -0.05) is 64.2 Å². The Kier molecular flexibility index (Phi) is 17.9. The molecule has 0 amide bonds. The van der Waals surface area contributed by atoms with Crippen molar-refractivity contribution < 1.29 is 28.6 Å². The summed E-state index contributed by atoms with van der Waals surface area (Å²) in [7, 11) is 0. The third kappa shape index (κ3) is 15.4. The third-order valence-electron chi connectivity index (χ3n) is 7.18. The monoisotopic (exact) mass is 517 g/mol. The smallest absolute Gasteiger partial charge is 0.306 e. The van der Waals surface area contributed by atoms with E-state index in [0.29, 0.717) is 25.8 Å². The fourth-order valence-corrected chi connectivity index (χ4v) is 5.15. The number of hydrogen-bond acceptors (Lipinski definition) is 7. The molecule has 2 aliphatic rings. The van der Waals surface area contributed by atoms with Gasteiger partial charge in [-0.2, -0.15) is 0 Å². The molecule has 0 aromatic heterocycles. The van der Waals surface area contributed by atoms with Crippen molar-refractivity contribution in [3.63, 3.8) is 0 Å². The average Bonchev–Trinajstić information content (AvgIpc) is 2.85. The second-order valence-corrected chi connectivity index (χ2v) is 10.2. The molecule has 7 nitrogen and oxygen atoms in total. The molecule has 0 unspecified atom stereocenters. The fraction of sp³-hybridized carbons (Fsp3) is 0.889. The van der Waals surface area contributed by atoms with E-state index in [1.54, 1.807) is 0 Å². The summed E-state index contributed by atoms with van der Waals surface area (Å²) in [6.07, 6.45) is 17.3. The Morgan fingerprint density at radius 2 is 1.09 bits per heavy atom. The number of hydrogen-bond donors (Lipinski definition) is 1. The minimum atomic E-state index is -0.783. The first-order chi connectivity index (χ1) is 16.6. The van der Waals surface area contributed by atoms with Crippen LogP contribution in [0.2, 0.25) is 0 Å². The number of nitrogens with two attached hydrogens (primary N) is 1. The molecule has 0 atom stereocenters. The molecule has 0 spiro atoms. The van der Waals surface area contributed by atoms with Crippen LogP contribution in [0.1, 0.15) is 116 Å². The van der Waals surface area contributed by atoms with E-state index in [4.69, 9.17) is 19.9 Å². The molecule has 0 bridgehead atoms. The summed E-state index contributed by atoms with van der Waals surface area (Å²) in [5.74, 6) is 0.457. The van der Waals surface area contributed by atoms with Crippen LogP contribution in [0.4, 0.5) is 0 Å². The SMILES string of the molecule is Cl.NCCCC(=O)OC(COC(=O)CCCC1CCCCC1)COC(=O)CCCC1CCCCC1. The highest BCUT2D eigenvalue weighted by Gasteiger charge is 2.20. The van der Waals surface area contributed by atoms with Crippen molar-refractivity contribution in [2.24, 2.45) is 17.6 Å². The van der Waals surface area contributed by atoms with Gasteiger partial charge in [0.25, 0.3) is 0 Å². The molecule has 0 radical (unpaired) electrons. The molecule has 2 saturated carbocycles. The quantitative estimate of drug-likeness (QED) is 0.208. The van der Waals surface area contributed by atoms with Gasteiger partial charge in [0.05, 0.1) is 0 Å². The zero-order valence-corrected chi connectivity index (χ0v) is 22.3. The number of rotatable bonds is 16. The number of esters is 3. The first-order valence-electron chi connectivity index (χ1n) is 13.8. The number of halogens is 1. The summed E-state index contributed by atoms with van der Waals surface area (Å²) in [5.41, 5.74) is 5.46. The van der Waals surface area contributed by atoms with Crippen LogP contribution in [0, 0.1) is 11.8 Å². The van der Waals surface area contributed by atoms with E-state index in [2.05, 4.69) is 0 Å². The fourth-order valence-electron chi connectivity index (χ4n) is 5.15. The minimum Gasteiger partial charge on any atom is -0.462 e.